The van der Waals surface area contributed by atoms with Crippen molar-refractivity contribution in [2.75, 3.05) is 20.3 Å². The summed E-state index contributed by atoms with van der Waals surface area (Å²) in [6, 6.07) is 0.514. The molecule has 0 saturated carbocycles. The summed E-state index contributed by atoms with van der Waals surface area (Å²) in [4.78, 5) is 0. The Kier molecular flexibility index (Phi) is 11.3. The second kappa shape index (κ2) is 11.4. The lowest BCUT2D eigenvalue weighted by Gasteiger charge is -2.22. The van der Waals surface area contributed by atoms with Gasteiger partial charge in [0.2, 0.25) is 0 Å². The van der Waals surface area contributed by atoms with Gasteiger partial charge in [-0.25, -0.2) is 0 Å². The lowest BCUT2D eigenvalue weighted by Crippen LogP contribution is -2.36. The van der Waals surface area contributed by atoms with Crippen LogP contribution in [0.15, 0.2) is 0 Å². The number of likely N-dealkylation sites (N-methyl/N-ethyl adjacent to an activating group) is 1. The Morgan fingerprint density at radius 2 is 1.75 bits per heavy atom. The Labute approximate surface area is 102 Å². The number of unbranched alkanes of at least 4 members (excludes halogenated alkanes) is 4. The Balaban J connectivity index is 3.34. The van der Waals surface area contributed by atoms with Gasteiger partial charge in [0.15, 0.2) is 0 Å². The smallest absolute Gasteiger partial charge is 0.0622 e. The number of hydrogen-bond donors (Lipinski definition) is 1. The van der Waals surface area contributed by atoms with Crippen molar-refractivity contribution in [1.82, 2.24) is 5.32 Å². The molecule has 2 unspecified atom stereocenters. The highest BCUT2D eigenvalue weighted by Crippen LogP contribution is 2.08. The van der Waals surface area contributed by atoms with Crippen LogP contribution in [0, 0.1) is 5.92 Å². The highest BCUT2D eigenvalue weighted by atomic mass is 16.5. The molecule has 0 fully saturated rings. The molecule has 0 heterocycles. The van der Waals surface area contributed by atoms with E-state index in [9.17, 15) is 0 Å². The molecule has 0 amide bonds. The van der Waals surface area contributed by atoms with Crippen molar-refractivity contribution >= 4 is 0 Å². The molecule has 16 heavy (non-hydrogen) atoms. The van der Waals surface area contributed by atoms with Crippen molar-refractivity contribution in [3.63, 3.8) is 0 Å². The van der Waals surface area contributed by atoms with Crippen LogP contribution in [0.3, 0.4) is 0 Å². The Morgan fingerprint density at radius 1 is 1.06 bits per heavy atom. The number of ether oxygens (including phenoxy) is 1. The van der Waals surface area contributed by atoms with Gasteiger partial charge in [-0.05, 0) is 19.4 Å². The first-order chi connectivity index (χ1) is 7.76. The highest BCUT2D eigenvalue weighted by molar-refractivity contribution is 4.69. The molecule has 0 radical (unpaired) electrons. The molecule has 1 N–H and O–H groups in total. The minimum atomic E-state index is 0.514. The van der Waals surface area contributed by atoms with Gasteiger partial charge >= 0.3 is 0 Å². The van der Waals surface area contributed by atoms with E-state index < -0.39 is 0 Å². The zero-order valence-corrected chi connectivity index (χ0v) is 11.7. The summed E-state index contributed by atoms with van der Waals surface area (Å²) in [5, 5.41) is 3.34. The van der Waals surface area contributed by atoms with Gasteiger partial charge in [-0.3, -0.25) is 0 Å². The van der Waals surface area contributed by atoms with Crippen LogP contribution in [-0.2, 0) is 4.74 Å². The average molecular weight is 229 g/mol. The third kappa shape index (κ3) is 8.12. The fraction of sp³-hybridized carbons (Fsp3) is 1.00. The number of nitrogens with one attached hydrogen (secondary N) is 1. The topological polar surface area (TPSA) is 21.3 Å². The van der Waals surface area contributed by atoms with Crippen molar-refractivity contribution in [3.8, 4) is 0 Å². The minimum Gasteiger partial charge on any atom is -0.380 e. The van der Waals surface area contributed by atoms with Crippen molar-refractivity contribution < 1.29 is 4.74 Å². The van der Waals surface area contributed by atoms with E-state index in [1.165, 1.54) is 38.5 Å². The van der Waals surface area contributed by atoms with Crippen LogP contribution >= 0.6 is 0 Å². The monoisotopic (exact) mass is 229 g/mol. The van der Waals surface area contributed by atoms with Crippen LogP contribution in [0.1, 0.15) is 59.3 Å². The molecule has 2 heteroatoms. The van der Waals surface area contributed by atoms with Gasteiger partial charge in [0, 0.05) is 12.6 Å². The Bertz CT molecular complexity index is 139. The Morgan fingerprint density at radius 3 is 2.31 bits per heavy atom. The first-order valence-electron chi connectivity index (χ1n) is 7.01. The molecule has 2 nitrogen and oxygen atoms in total. The predicted molar refractivity (Wildman–Crippen MR) is 71.9 cm³/mol. The van der Waals surface area contributed by atoms with Crippen LogP contribution in [0.2, 0.25) is 0 Å². The molecule has 0 aromatic heterocycles. The molecule has 98 valence electrons. The molecule has 0 spiro atoms. The largest absolute Gasteiger partial charge is 0.380 e. The van der Waals surface area contributed by atoms with E-state index in [0.717, 1.165) is 13.2 Å². The van der Waals surface area contributed by atoms with Crippen LogP contribution in [0.4, 0.5) is 0 Å². The summed E-state index contributed by atoms with van der Waals surface area (Å²) < 4.78 is 5.73. The second-order valence-electron chi connectivity index (χ2n) is 4.77. The molecule has 0 aromatic carbocycles. The van der Waals surface area contributed by atoms with E-state index in [0.29, 0.717) is 12.0 Å². The van der Waals surface area contributed by atoms with Gasteiger partial charge in [-0.15, -0.1) is 0 Å². The molecule has 0 aliphatic carbocycles. The van der Waals surface area contributed by atoms with E-state index >= 15 is 0 Å². The first kappa shape index (κ1) is 15.9. The molecule has 0 bridgehead atoms. The summed E-state index contributed by atoms with van der Waals surface area (Å²) in [5.41, 5.74) is 0. The SMILES string of the molecule is CCCCCCCOCC(NC)C(C)CC. The van der Waals surface area contributed by atoms with Gasteiger partial charge < -0.3 is 10.1 Å². The van der Waals surface area contributed by atoms with Gasteiger partial charge in [0.05, 0.1) is 6.61 Å². The fourth-order valence-corrected chi connectivity index (χ4v) is 1.83. The maximum absolute atomic E-state index is 5.73. The summed E-state index contributed by atoms with van der Waals surface area (Å²) >= 11 is 0. The maximum Gasteiger partial charge on any atom is 0.0622 e. The molecule has 0 saturated heterocycles. The number of rotatable bonds is 11. The maximum atomic E-state index is 5.73. The van der Waals surface area contributed by atoms with E-state index in [2.05, 4.69) is 26.1 Å². The van der Waals surface area contributed by atoms with Crippen molar-refractivity contribution in [2.45, 2.75) is 65.3 Å². The van der Waals surface area contributed by atoms with Crippen LogP contribution in [0.25, 0.3) is 0 Å². The zero-order chi connectivity index (χ0) is 12.2. The third-order valence-electron chi connectivity index (χ3n) is 3.39. The van der Waals surface area contributed by atoms with Gasteiger partial charge in [-0.1, -0.05) is 52.9 Å². The zero-order valence-electron chi connectivity index (χ0n) is 11.7. The lowest BCUT2D eigenvalue weighted by molar-refractivity contribution is 0.0942. The summed E-state index contributed by atoms with van der Waals surface area (Å²) in [6.07, 6.45) is 7.80. The van der Waals surface area contributed by atoms with Crippen LogP contribution in [0.5, 0.6) is 0 Å². The van der Waals surface area contributed by atoms with Crippen molar-refractivity contribution in [2.24, 2.45) is 5.92 Å². The van der Waals surface area contributed by atoms with Crippen LogP contribution < -0.4 is 5.32 Å². The van der Waals surface area contributed by atoms with E-state index in [1.807, 2.05) is 7.05 Å². The van der Waals surface area contributed by atoms with Gasteiger partial charge in [-0.2, -0.15) is 0 Å². The van der Waals surface area contributed by atoms with E-state index in [4.69, 9.17) is 4.74 Å². The number of hydrogen-bond acceptors (Lipinski definition) is 2. The standard InChI is InChI=1S/C14H31NO/c1-5-7-8-9-10-11-16-12-14(15-4)13(3)6-2/h13-15H,5-12H2,1-4H3. The highest BCUT2D eigenvalue weighted by Gasteiger charge is 2.12. The predicted octanol–water partition coefficient (Wildman–Crippen LogP) is 3.61. The molecule has 0 aromatic rings. The molecule has 2 atom stereocenters. The molecule has 0 aliphatic rings. The summed E-state index contributed by atoms with van der Waals surface area (Å²) in [5.74, 6) is 0.699. The van der Waals surface area contributed by atoms with E-state index in [1.54, 1.807) is 0 Å². The molecule has 0 aliphatic heterocycles. The van der Waals surface area contributed by atoms with Crippen molar-refractivity contribution in [1.29, 1.82) is 0 Å². The van der Waals surface area contributed by atoms with Gasteiger partial charge in [0.25, 0.3) is 0 Å². The van der Waals surface area contributed by atoms with Gasteiger partial charge in [0.1, 0.15) is 0 Å². The lowest BCUT2D eigenvalue weighted by atomic mass is 10.0. The average Bonchev–Trinajstić information content (AvgIpc) is 2.32. The second-order valence-corrected chi connectivity index (χ2v) is 4.77. The molecule has 0 rings (SSSR count). The molecular weight excluding hydrogens is 198 g/mol. The first-order valence-corrected chi connectivity index (χ1v) is 7.01. The van der Waals surface area contributed by atoms with Crippen molar-refractivity contribution in [3.05, 3.63) is 0 Å². The third-order valence-corrected chi connectivity index (χ3v) is 3.39. The minimum absolute atomic E-state index is 0.514. The Hall–Kier alpha value is -0.0800. The van der Waals surface area contributed by atoms with Crippen LogP contribution in [-0.4, -0.2) is 26.3 Å². The summed E-state index contributed by atoms with van der Waals surface area (Å²) in [6.45, 7) is 8.56. The quantitative estimate of drug-likeness (QED) is 0.547. The normalized spacial score (nSPS) is 15.0. The molecular formula is C14H31NO. The van der Waals surface area contributed by atoms with E-state index in [-0.39, 0.29) is 0 Å². The fourth-order valence-electron chi connectivity index (χ4n) is 1.83. The summed E-state index contributed by atoms with van der Waals surface area (Å²) in [7, 11) is 2.03.